The van der Waals surface area contributed by atoms with Gasteiger partial charge in [-0.3, -0.25) is 4.79 Å². The molecule has 0 saturated carbocycles. The van der Waals surface area contributed by atoms with Crippen LogP contribution in [0.1, 0.15) is 31.1 Å². The number of anilines is 3. The summed E-state index contributed by atoms with van der Waals surface area (Å²) in [5, 5.41) is 11.8. The summed E-state index contributed by atoms with van der Waals surface area (Å²) in [5.41, 5.74) is 2.66. The molecular weight excluding hydrogens is 436 g/mol. The molecule has 0 radical (unpaired) electrons. The molecular formula is C25H24N4O5. The summed E-state index contributed by atoms with van der Waals surface area (Å²) in [6.45, 7) is 3.06. The number of hydrogen-bond acceptors (Lipinski definition) is 7. The Balaban J connectivity index is 1.32. The van der Waals surface area contributed by atoms with E-state index in [2.05, 4.69) is 24.8 Å². The molecule has 1 amide bonds. The molecule has 0 unspecified atom stereocenters. The number of carbonyl (C=O) groups excluding carboxylic acids is 2. The zero-order chi connectivity index (χ0) is 24.1. The molecule has 174 valence electrons. The third kappa shape index (κ3) is 5.15. The molecule has 0 atom stereocenters. The van der Waals surface area contributed by atoms with Crippen LogP contribution in [0.5, 0.6) is 0 Å². The summed E-state index contributed by atoms with van der Waals surface area (Å²) >= 11 is 0. The lowest BCUT2D eigenvalue weighted by Gasteiger charge is -2.36. The SMILES string of the molecule is COC(=O)c1ccc(NC(=O)c2ccc(N3CCN(c4ccc(C(=O)O)cc4)CC3)nc2)cc1. The van der Waals surface area contributed by atoms with Crippen LogP contribution in [-0.4, -0.2) is 61.2 Å². The molecule has 2 heterocycles. The minimum Gasteiger partial charge on any atom is -0.478 e. The van der Waals surface area contributed by atoms with E-state index in [-0.39, 0.29) is 11.5 Å². The van der Waals surface area contributed by atoms with Gasteiger partial charge in [0.1, 0.15) is 5.82 Å². The Kier molecular flexibility index (Phi) is 6.72. The van der Waals surface area contributed by atoms with Crippen molar-refractivity contribution < 1.29 is 24.2 Å². The number of carbonyl (C=O) groups is 3. The number of nitrogens with one attached hydrogen (secondary N) is 1. The Bertz CT molecular complexity index is 1170. The first-order valence-corrected chi connectivity index (χ1v) is 10.7. The molecule has 2 N–H and O–H groups in total. The monoisotopic (exact) mass is 460 g/mol. The number of hydrogen-bond donors (Lipinski definition) is 2. The van der Waals surface area contributed by atoms with Gasteiger partial charge in [-0.05, 0) is 60.7 Å². The van der Waals surface area contributed by atoms with Gasteiger partial charge in [-0.1, -0.05) is 0 Å². The highest BCUT2D eigenvalue weighted by Crippen LogP contribution is 2.20. The van der Waals surface area contributed by atoms with Crippen LogP contribution in [0.25, 0.3) is 0 Å². The number of amides is 1. The van der Waals surface area contributed by atoms with Gasteiger partial charge >= 0.3 is 11.9 Å². The number of piperazine rings is 1. The van der Waals surface area contributed by atoms with Crippen LogP contribution in [0.3, 0.4) is 0 Å². The smallest absolute Gasteiger partial charge is 0.337 e. The fourth-order valence-corrected chi connectivity index (χ4v) is 3.73. The largest absolute Gasteiger partial charge is 0.478 e. The summed E-state index contributed by atoms with van der Waals surface area (Å²) in [7, 11) is 1.32. The number of aromatic nitrogens is 1. The molecule has 1 fully saturated rings. The Hall–Kier alpha value is -4.40. The number of nitrogens with zero attached hydrogens (tertiary/aromatic N) is 3. The van der Waals surface area contributed by atoms with E-state index in [0.717, 1.165) is 37.7 Å². The fraction of sp³-hybridized carbons (Fsp3) is 0.200. The summed E-state index contributed by atoms with van der Waals surface area (Å²) < 4.78 is 4.67. The van der Waals surface area contributed by atoms with E-state index in [1.54, 1.807) is 48.7 Å². The Morgan fingerprint density at radius 2 is 1.41 bits per heavy atom. The molecule has 34 heavy (non-hydrogen) atoms. The number of methoxy groups -OCH3 is 1. The third-order valence-corrected chi connectivity index (χ3v) is 5.66. The number of aromatic carboxylic acids is 1. The Morgan fingerprint density at radius 1 is 0.824 bits per heavy atom. The average molecular weight is 460 g/mol. The van der Waals surface area contributed by atoms with Gasteiger partial charge in [0.25, 0.3) is 5.91 Å². The van der Waals surface area contributed by atoms with Crippen LogP contribution in [0.4, 0.5) is 17.2 Å². The van der Waals surface area contributed by atoms with E-state index < -0.39 is 11.9 Å². The number of carboxylic acid groups (broad SMARTS) is 1. The molecule has 1 aromatic heterocycles. The number of esters is 1. The first-order valence-electron chi connectivity index (χ1n) is 10.7. The molecule has 2 aromatic carbocycles. The highest BCUT2D eigenvalue weighted by molar-refractivity contribution is 6.04. The number of rotatable bonds is 6. The second-order valence-corrected chi connectivity index (χ2v) is 7.75. The molecule has 9 heteroatoms. The standard InChI is InChI=1S/C25H24N4O5/c1-34-25(33)18-2-7-20(8-3-18)27-23(30)19-6-11-22(26-16-19)29-14-12-28(13-15-29)21-9-4-17(5-10-21)24(31)32/h2-11,16H,12-15H2,1H3,(H,27,30)(H,31,32). The van der Waals surface area contributed by atoms with Gasteiger partial charge in [-0.25, -0.2) is 14.6 Å². The predicted octanol–water partition coefficient (Wildman–Crippen LogP) is 3.15. The van der Waals surface area contributed by atoms with Crippen LogP contribution in [0.15, 0.2) is 66.9 Å². The Labute approximate surface area is 196 Å². The zero-order valence-electron chi connectivity index (χ0n) is 18.6. The highest BCUT2D eigenvalue weighted by Gasteiger charge is 2.19. The van der Waals surface area contributed by atoms with E-state index in [0.29, 0.717) is 16.8 Å². The van der Waals surface area contributed by atoms with Crippen molar-refractivity contribution in [1.29, 1.82) is 0 Å². The van der Waals surface area contributed by atoms with Gasteiger partial charge in [0.15, 0.2) is 0 Å². The quantitative estimate of drug-likeness (QED) is 0.540. The summed E-state index contributed by atoms with van der Waals surface area (Å²) in [5.74, 6) is -0.870. The molecule has 0 spiro atoms. The van der Waals surface area contributed by atoms with Gasteiger partial charge in [-0.2, -0.15) is 0 Å². The number of benzene rings is 2. The molecule has 0 aliphatic carbocycles. The zero-order valence-corrected chi connectivity index (χ0v) is 18.6. The van der Waals surface area contributed by atoms with Crippen molar-refractivity contribution in [3.05, 3.63) is 83.6 Å². The van der Waals surface area contributed by atoms with E-state index >= 15 is 0 Å². The summed E-state index contributed by atoms with van der Waals surface area (Å²) in [6.07, 6.45) is 1.55. The maximum atomic E-state index is 12.5. The van der Waals surface area contributed by atoms with Gasteiger partial charge in [0, 0.05) is 43.8 Å². The van der Waals surface area contributed by atoms with Gasteiger partial charge < -0.3 is 25.0 Å². The lowest BCUT2D eigenvalue weighted by Crippen LogP contribution is -2.46. The predicted molar refractivity (Wildman–Crippen MR) is 128 cm³/mol. The van der Waals surface area contributed by atoms with Crippen LogP contribution >= 0.6 is 0 Å². The van der Waals surface area contributed by atoms with Crippen LogP contribution in [0, 0.1) is 0 Å². The van der Waals surface area contributed by atoms with E-state index in [9.17, 15) is 14.4 Å². The second-order valence-electron chi connectivity index (χ2n) is 7.75. The van der Waals surface area contributed by atoms with Crippen LogP contribution in [0.2, 0.25) is 0 Å². The van der Waals surface area contributed by atoms with Crippen molar-refractivity contribution in [3.63, 3.8) is 0 Å². The lowest BCUT2D eigenvalue weighted by atomic mass is 10.1. The maximum absolute atomic E-state index is 12.5. The minimum absolute atomic E-state index is 0.272. The second kappa shape index (κ2) is 10.0. The number of pyridine rings is 1. The van der Waals surface area contributed by atoms with Crippen LogP contribution in [-0.2, 0) is 4.74 Å². The van der Waals surface area contributed by atoms with Crippen molar-refractivity contribution in [3.8, 4) is 0 Å². The third-order valence-electron chi connectivity index (χ3n) is 5.66. The average Bonchev–Trinajstić information content (AvgIpc) is 2.89. The molecule has 3 aromatic rings. The van der Waals surface area contributed by atoms with E-state index in [4.69, 9.17) is 5.11 Å². The van der Waals surface area contributed by atoms with Crippen molar-refractivity contribution in [1.82, 2.24) is 4.98 Å². The lowest BCUT2D eigenvalue weighted by molar-refractivity contribution is 0.0599. The molecule has 1 aliphatic heterocycles. The Morgan fingerprint density at radius 3 is 1.97 bits per heavy atom. The van der Waals surface area contributed by atoms with Crippen molar-refractivity contribution in [2.45, 2.75) is 0 Å². The highest BCUT2D eigenvalue weighted by atomic mass is 16.5. The van der Waals surface area contributed by atoms with E-state index in [1.165, 1.54) is 7.11 Å². The van der Waals surface area contributed by atoms with Gasteiger partial charge in [0.2, 0.25) is 0 Å². The van der Waals surface area contributed by atoms with Gasteiger partial charge in [0.05, 0.1) is 23.8 Å². The first kappa shape index (κ1) is 22.8. The van der Waals surface area contributed by atoms with Crippen molar-refractivity contribution in [2.24, 2.45) is 0 Å². The molecule has 1 saturated heterocycles. The van der Waals surface area contributed by atoms with Crippen molar-refractivity contribution >= 4 is 35.0 Å². The molecule has 1 aliphatic rings. The molecule has 0 bridgehead atoms. The number of ether oxygens (including phenoxy) is 1. The maximum Gasteiger partial charge on any atom is 0.337 e. The first-order chi connectivity index (χ1) is 16.4. The van der Waals surface area contributed by atoms with Crippen molar-refractivity contribution in [2.75, 3.05) is 48.4 Å². The van der Waals surface area contributed by atoms with Crippen LogP contribution < -0.4 is 15.1 Å². The summed E-state index contributed by atoms with van der Waals surface area (Å²) in [6, 6.07) is 16.9. The summed E-state index contributed by atoms with van der Waals surface area (Å²) in [4.78, 5) is 43.9. The normalized spacial score (nSPS) is 13.3. The molecule has 9 nitrogen and oxygen atoms in total. The minimum atomic E-state index is -0.934. The fourth-order valence-electron chi connectivity index (χ4n) is 3.73. The number of carboxylic acids is 1. The molecule has 4 rings (SSSR count). The topological polar surface area (TPSA) is 112 Å². The van der Waals surface area contributed by atoms with E-state index in [1.807, 2.05) is 18.2 Å². The van der Waals surface area contributed by atoms with Gasteiger partial charge in [-0.15, -0.1) is 0 Å².